The first-order chi connectivity index (χ1) is 8.11. The molecule has 17 heavy (non-hydrogen) atoms. The highest BCUT2D eigenvalue weighted by atomic mass is 32.1. The summed E-state index contributed by atoms with van der Waals surface area (Å²) in [4.78, 5) is 12.6. The Bertz CT molecular complexity index is 374. The monoisotopic (exact) mass is 256 g/mol. The molecule has 0 bridgehead atoms. The van der Waals surface area contributed by atoms with Gasteiger partial charge in [-0.25, -0.2) is 0 Å². The summed E-state index contributed by atoms with van der Waals surface area (Å²) in [6.07, 6.45) is 0.543. The zero-order valence-electron chi connectivity index (χ0n) is 9.39. The summed E-state index contributed by atoms with van der Waals surface area (Å²) in [6, 6.07) is 3.01. The Hall–Kier alpha value is -0.950. The molecule has 2 rings (SSSR count). The predicted octanol–water partition coefficient (Wildman–Crippen LogP) is 0.0155. The van der Waals surface area contributed by atoms with Crippen LogP contribution in [0.4, 0.5) is 0 Å². The van der Waals surface area contributed by atoms with Gasteiger partial charge < -0.3 is 20.9 Å². The molecule has 1 aromatic heterocycles. The summed E-state index contributed by atoms with van der Waals surface area (Å²) in [5, 5.41) is 14.5. The van der Waals surface area contributed by atoms with Crippen LogP contribution in [0.25, 0.3) is 0 Å². The molecule has 1 saturated heterocycles. The van der Waals surface area contributed by atoms with Gasteiger partial charge in [-0.1, -0.05) is 6.07 Å². The van der Waals surface area contributed by atoms with E-state index in [9.17, 15) is 9.90 Å². The molecule has 5 nitrogen and oxygen atoms in total. The van der Waals surface area contributed by atoms with E-state index in [0.29, 0.717) is 13.0 Å². The van der Waals surface area contributed by atoms with E-state index in [4.69, 9.17) is 10.5 Å². The smallest absolute Gasteiger partial charge is 0.242 e. The Kier molecular flexibility index (Phi) is 3.78. The van der Waals surface area contributed by atoms with Crippen molar-refractivity contribution in [1.29, 1.82) is 0 Å². The third-order valence-corrected chi connectivity index (χ3v) is 3.76. The van der Waals surface area contributed by atoms with Crippen molar-refractivity contribution < 1.29 is 14.6 Å². The van der Waals surface area contributed by atoms with Crippen LogP contribution >= 0.6 is 11.3 Å². The van der Waals surface area contributed by atoms with Gasteiger partial charge in [0.15, 0.2) is 0 Å². The van der Waals surface area contributed by atoms with Crippen molar-refractivity contribution >= 4 is 17.2 Å². The molecule has 0 aliphatic carbocycles. The quantitative estimate of drug-likeness (QED) is 0.709. The molecule has 2 atom stereocenters. The molecule has 1 aliphatic heterocycles. The first-order valence-corrected chi connectivity index (χ1v) is 6.35. The highest BCUT2D eigenvalue weighted by molar-refractivity contribution is 7.10. The number of rotatable bonds is 4. The van der Waals surface area contributed by atoms with Crippen LogP contribution in [-0.4, -0.2) is 36.4 Å². The van der Waals surface area contributed by atoms with Crippen LogP contribution in [0.1, 0.15) is 17.3 Å². The lowest BCUT2D eigenvalue weighted by Crippen LogP contribution is -2.45. The summed E-state index contributed by atoms with van der Waals surface area (Å²) in [5.74, 6) is -0.271. The number of thiophene rings is 1. The maximum atomic E-state index is 11.8. The summed E-state index contributed by atoms with van der Waals surface area (Å²) in [7, 11) is 0. The Labute approximate surface area is 104 Å². The fourth-order valence-electron chi connectivity index (χ4n) is 1.69. The van der Waals surface area contributed by atoms with E-state index in [1.165, 1.54) is 11.3 Å². The largest absolute Gasteiger partial charge is 0.386 e. The Morgan fingerprint density at radius 2 is 2.59 bits per heavy atom. The molecule has 1 aliphatic rings. The summed E-state index contributed by atoms with van der Waals surface area (Å²) in [6.45, 7) is 0.982. The van der Waals surface area contributed by atoms with E-state index in [0.717, 1.165) is 4.88 Å². The predicted molar refractivity (Wildman–Crippen MR) is 64.6 cm³/mol. The maximum Gasteiger partial charge on any atom is 0.242 e. The van der Waals surface area contributed by atoms with Gasteiger partial charge >= 0.3 is 0 Å². The molecule has 1 amide bonds. The van der Waals surface area contributed by atoms with E-state index in [1.807, 2.05) is 17.5 Å². The van der Waals surface area contributed by atoms with E-state index in [-0.39, 0.29) is 19.1 Å². The molecule has 1 aromatic rings. The van der Waals surface area contributed by atoms with Crippen LogP contribution in [0.15, 0.2) is 17.5 Å². The van der Waals surface area contributed by atoms with Crippen molar-refractivity contribution in [3.05, 3.63) is 22.4 Å². The average molecular weight is 256 g/mol. The topological polar surface area (TPSA) is 84.6 Å². The third-order valence-electron chi connectivity index (χ3n) is 2.81. The van der Waals surface area contributed by atoms with E-state index < -0.39 is 11.6 Å². The van der Waals surface area contributed by atoms with Gasteiger partial charge in [0.05, 0.1) is 6.61 Å². The van der Waals surface area contributed by atoms with E-state index in [1.54, 1.807) is 0 Å². The zero-order valence-corrected chi connectivity index (χ0v) is 10.2. The highest BCUT2D eigenvalue weighted by Gasteiger charge is 2.33. The van der Waals surface area contributed by atoms with Crippen molar-refractivity contribution in [1.82, 2.24) is 5.32 Å². The second-order valence-corrected chi connectivity index (χ2v) is 5.22. The van der Waals surface area contributed by atoms with Gasteiger partial charge in [0.1, 0.15) is 11.6 Å². The number of amides is 1. The molecule has 2 unspecified atom stereocenters. The Balaban J connectivity index is 1.85. The van der Waals surface area contributed by atoms with E-state index >= 15 is 0 Å². The number of nitrogens with one attached hydrogen (secondary N) is 1. The lowest BCUT2D eigenvalue weighted by Gasteiger charge is -2.21. The summed E-state index contributed by atoms with van der Waals surface area (Å²) < 4.78 is 5.09. The highest BCUT2D eigenvalue weighted by Crippen LogP contribution is 2.19. The molecule has 1 fully saturated rings. The summed E-state index contributed by atoms with van der Waals surface area (Å²) in [5.41, 5.74) is 4.86. The van der Waals surface area contributed by atoms with Crippen LogP contribution < -0.4 is 11.1 Å². The number of hydrogen-bond acceptors (Lipinski definition) is 5. The molecule has 2 heterocycles. The third kappa shape index (κ3) is 3.04. The normalized spacial score (nSPS) is 25.8. The van der Waals surface area contributed by atoms with Crippen molar-refractivity contribution in [2.45, 2.75) is 18.1 Å². The second kappa shape index (κ2) is 5.14. The molecule has 0 aromatic carbocycles. The van der Waals surface area contributed by atoms with Gasteiger partial charge in [-0.15, -0.1) is 11.3 Å². The van der Waals surface area contributed by atoms with Gasteiger partial charge in [0.2, 0.25) is 5.91 Å². The molecule has 6 heteroatoms. The minimum absolute atomic E-state index is 0.185. The number of carbonyl (C=O) groups excluding carboxylic acids is 1. The van der Waals surface area contributed by atoms with Gasteiger partial charge in [-0.2, -0.15) is 0 Å². The molecular weight excluding hydrogens is 240 g/mol. The standard InChI is InChI=1S/C11H16N2O3S/c12-9(8-2-1-5-17-8)10(14)13-6-11(15)3-4-16-7-11/h1-2,5,9,15H,3-4,6-7,12H2,(H,13,14). The number of hydrogen-bond donors (Lipinski definition) is 3. The molecule has 94 valence electrons. The molecule has 4 N–H and O–H groups in total. The fourth-order valence-corrected chi connectivity index (χ4v) is 2.42. The number of ether oxygens (including phenoxy) is 1. The maximum absolute atomic E-state index is 11.8. The second-order valence-electron chi connectivity index (χ2n) is 4.24. The number of carbonyl (C=O) groups is 1. The molecule has 0 spiro atoms. The Morgan fingerprint density at radius 1 is 1.76 bits per heavy atom. The first kappa shape index (κ1) is 12.5. The van der Waals surface area contributed by atoms with Crippen LogP contribution in [0.5, 0.6) is 0 Å². The van der Waals surface area contributed by atoms with Crippen LogP contribution in [0.3, 0.4) is 0 Å². The van der Waals surface area contributed by atoms with Gasteiger partial charge in [-0.05, 0) is 11.4 Å². The van der Waals surface area contributed by atoms with Crippen molar-refractivity contribution in [2.75, 3.05) is 19.8 Å². The van der Waals surface area contributed by atoms with Crippen molar-refractivity contribution in [2.24, 2.45) is 5.73 Å². The van der Waals surface area contributed by atoms with Crippen molar-refractivity contribution in [3.8, 4) is 0 Å². The Morgan fingerprint density at radius 3 is 3.18 bits per heavy atom. The number of nitrogens with two attached hydrogens (primary N) is 1. The van der Waals surface area contributed by atoms with Gasteiger partial charge in [0, 0.05) is 24.4 Å². The number of aliphatic hydroxyl groups is 1. The van der Waals surface area contributed by atoms with Crippen molar-refractivity contribution in [3.63, 3.8) is 0 Å². The summed E-state index contributed by atoms with van der Waals surface area (Å²) >= 11 is 1.44. The minimum atomic E-state index is -0.940. The van der Waals surface area contributed by atoms with Gasteiger partial charge in [-0.3, -0.25) is 4.79 Å². The lowest BCUT2D eigenvalue weighted by atomic mass is 10.0. The lowest BCUT2D eigenvalue weighted by molar-refractivity contribution is -0.123. The first-order valence-electron chi connectivity index (χ1n) is 5.48. The fraction of sp³-hybridized carbons (Fsp3) is 0.545. The average Bonchev–Trinajstić information content (AvgIpc) is 2.96. The van der Waals surface area contributed by atoms with E-state index in [2.05, 4.69) is 5.32 Å². The SMILES string of the molecule is NC(C(=O)NCC1(O)CCOC1)c1cccs1. The van der Waals surface area contributed by atoms with Crippen LogP contribution in [0.2, 0.25) is 0 Å². The minimum Gasteiger partial charge on any atom is -0.386 e. The molecule has 0 saturated carbocycles. The molecular formula is C11H16N2O3S. The van der Waals surface area contributed by atoms with Crippen LogP contribution in [-0.2, 0) is 9.53 Å². The van der Waals surface area contributed by atoms with Crippen LogP contribution in [0, 0.1) is 0 Å². The molecule has 0 radical (unpaired) electrons. The zero-order chi connectivity index (χ0) is 12.3. The van der Waals surface area contributed by atoms with Gasteiger partial charge in [0.25, 0.3) is 0 Å².